The molecule has 1 aromatic heterocycles. The lowest BCUT2D eigenvalue weighted by Crippen LogP contribution is -1.93. The predicted octanol–water partition coefficient (Wildman–Crippen LogP) is 4.02. The predicted molar refractivity (Wildman–Crippen MR) is 58.4 cm³/mol. The van der Waals surface area contributed by atoms with Gasteiger partial charge in [0.15, 0.2) is 0 Å². The van der Waals surface area contributed by atoms with Crippen LogP contribution in [0.1, 0.15) is 43.6 Å². The maximum atomic E-state index is 9.71. The van der Waals surface area contributed by atoms with Crippen molar-refractivity contribution in [2.75, 3.05) is 0 Å². The average Bonchev–Trinajstić information content (AvgIpc) is 2.52. The molecule has 0 amide bonds. The summed E-state index contributed by atoms with van der Waals surface area (Å²) in [5.74, 6) is 0. The first-order valence-corrected chi connectivity index (χ1v) is 5.86. The Bertz CT molecular complexity index is 247. The normalized spacial score (nSPS) is 13.2. The Kier molecular flexibility index (Phi) is 4.78. The number of halogens is 1. The molecule has 1 rings (SSSR count). The van der Waals surface area contributed by atoms with Crippen molar-refractivity contribution >= 4 is 22.9 Å². The van der Waals surface area contributed by atoms with Gasteiger partial charge in [-0.1, -0.05) is 37.8 Å². The van der Waals surface area contributed by atoms with Gasteiger partial charge in [0.25, 0.3) is 0 Å². The SMILES string of the molecule is CCCCCC(O)c1ccc(Cl)s1. The van der Waals surface area contributed by atoms with Crippen molar-refractivity contribution in [3.8, 4) is 0 Å². The maximum Gasteiger partial charge on any atom is 0.0932 e. The fourth-order valence-electron chi connectivity index (χ4n) is 1.24. The number of hydrogen-bond acceptors (Lipinski definition) is 2. The summed E-state index contributed by atoms with van der Waals surface area (Å²) in [6.07, 6.45) is 4.01. The lowest BCUT2D eigenvalue weighted by Gasteiger charge is -2.06. The zero-order valence-corrected chi connectivity index (χ0v) is 9.37. The Morgan fingerprint density at radius 2 is 2.23 bits per heavy atom. The number of thiophene rings is 1. The third kappa shape index (κ3) is 3.67. The van der Waals surface area contributed by atoms with Gasteiger partial charge in [-0.25, -0.2) is 0 Å². The molecule has 1 aromatic rings. The van der Waals surface area contributed by atoms with Gasteiger partial charge in [0, 0.05) is 4.88 Å². The number of unbranched alkanes of at least 4 members (excludes halogenated alkanes) is 2. The van der Waals surface area contributed by atoms with Gasteiger partial charge in [0.1, 0.15) is 0 Å². The van der Waals surface area contributed by atoms with Crippen molar-refractivity contribution in [3.05, 3.63) is 21.3 Å². The number of aliphatic hydroxyl groups is 1. The van der Waals surface area contributed by atoms with Crippen molar-refractivity contribution in [2.45, 2.75) is 38.7 Å². The number of hydrogen-bond donors (Lipinski definition) is 1. The Labute approximate surface area is 88.4 Å². The van der Waals surface area contributed by atoms with E-state index in [-0.39, 0.29) is 6.10 Å². The molecule has 0 fully saturated rings. The summed E-state index contributed by atoms with van der Waals surface area (Å²) in [5.41, 5.74) is 0. The molecule has 0 aliphatic rings. The summed E-state index contributed by atoms with van der Waals surface area (Å²) >= 11 is 7.24. The summed E-state index contributed by atoms with van der Waals surface area (Å²) in [6, 6.07) is 3.74. The third-order valence-corrected chi connectivity index (χ3v) is 3.34. The highest BCUT2D eigenvalue weighted by Crippen LogP contribution is 2.29. The van der Waals surface area contributed by atoms with Crippen LogP contribution in [0.25, 0.3) is 0 Å². The smallest absolute Gasteiger partial charge is 0.0932 e. The average molecular weight is 219 g/mol. The van der Waals surface area contributed by atoms with Crippen LogP contribution < -0.4 is 0 Å². The van der Waals surface area contributed by atoms with Crippen LogP contribution in [0.15, 0.2) is 12.1 Å². The molecule has 74 valence electrons. The van der Waals surface area contributed by atoms with Crippen molar-refractivity contribution < 1.29 is 5.11 Å². The Balaban J connectivity index is 2.35. The number of rotatable bonds is 5. The van der Waals surface area contributed by atoms with E-state index in [0.717, 1.165) is 22.1 Å². The molecule has 0 aliphatic heterocycles. The van der Waals surface area contributed by atoms with Crippen molar-refractivity contribution in [2.24, 2.45) is 0 Å². The van der Waals surface area contributed by atoms with Gasteiger partial charge < -0.3 is 5.11 Å². The monoisotopic (exact) mass is 218 g/mol. The highest BCUT2D eigenvalue weighted by Gasteiger charge is 2.08. The van der Waals surface area contributed by atoms with E-state index < -0.39 is 0 Å². The molecule has 1 unspecified atom stereocenters. The molecule has 1 N–H and O–H groups in total. The summed E-state index contributed by atoms with van der Waals surface area (Å²) in [6.45, 7) is 2.16. The van der Waals surface area contributed by atoms with Crippen LogP contribution in [0.2, 0.25) is 4.34 Å². The summed E-state index contributed by atoms with van der Waals surface area (Å²) in [5, 5.41) is 9.71. The van der Waals surface area contributed by atoms with Crippen molar-refractivity contribution in [1.29, 1.82) is 0 Å². The zero-order valence-electron chi connectivity index (χ0n) is 7.79. The van der Waals surface area contributed by atoms with Crippen LogP contribution in [0.5, 0.6) is 0 Å². The molecule has 0 radical (unpaired) electrons. The molecule has 1 nitrogen and oxygen atoms in total. The molecular formula is C10H15ClOS. The maximum absolute atomic E-state index is 9.71. The van der Waals surface area contributed by atoms with Crippen LogP contribution in [0.3, 0.4) is 0 Å². The molecule has 3 heteroatoms. The van der Waals surface area contributed by atoms with Gasteiger partial charge in [-0.2, -0.15) is 0 Å². The van der Waals surface area contributed by atoms with Crippen LogP contribution in [0.4, 0.5) is 0 Å². The molecule has 1 atom stereocenters. The van der Waals surface area contributed by atoms with E-state index >= 15 is 0 Å². The second-order valence-electron chi connectivity index (χ2n) is 3.15. The minimum absolute atomic E-state index is 0.316. The molecule has 0 aliphatic carbocycles. The Hall–Kier alpha value is -0.0500. The minimum atomic E-state index is -0.316. The Morgan fingerprint density at radius 1 is 1.46 bits per heavy atom. The molecular weight excluding hydrogens is 204 g/mol. The van der Waals surface area contributed by atoms with Crippen LogP contribution in [0, 0.1) is 0 Å². The highest BCUT2D eigenvalue weighted by atomic mass is 35.5. The highest BCUT2D eigenvalue weighted by molar-refractivity contribution is 7.16. The van der Waals surface area contributed by atoms with Gasteiger partial charge >= 0.3 is 0 Å². The van der Waals surface area contributed by atoms with E-state index in [1.54, 1.807) is 0 Å². The second-order valence-corrected chi connectivity index (χ2v) is 4.90. The van der Waals surface area contributed by atoms with Gasteiger partial charge in [-0.15, -0.1) is 11.3 Å². The fourth-order valence-corrected chi connectivity index (χ4v) is 2.32. The van der Waals surface area contributed by atoms with Gasteiger partial charge in [0.2, 0.25) is 0 Å². The number of aliphatic hydroxyl groups excluding tert-OH is 1. The summed E-state index contributed by atoms with van der Waals surface area (Å²) in [4.78, 5) is 0.987. The fraction of sp³-hybridized carbons (Fsp3) is 0.600. The largest absolute Gasteiger partial charge is 0.388 e. The van der Waals surface area contributed by atoms with E-state index in [0.29, 0.717) is 0 Å². The molecule has 0 saturated carbocycles. The van der Waals surface area contributed by atoms with E-state index in [1.165, 1.54) is 24.2 Å². The second kappa shape index (κ2) is 5.63. The molecule has 0 bridgehead atoms. The lowest BCUT2D eigenvalue weighted by molar-refractivity contribution is 0.167. The van der Waals surface area contributed by atoms with Gasteiger partial charge in [-0.05, 0) is 18.6 Å². The van der Waals surface area contributed by atoms with E-state index in [1.807, 2.05) is 12.1 Å². The zero-order chi connectivity index (χ0) is 9.68. The van der Waals surface area contributed by atoms with E-state index in [2.05, 4.69) is 6.92 Å². The van der Waals surface area contributed by atoms with Gasteiger partial charge in [-0.3, -0.25) is 0 Å². The van der Waals surface area contributed by atoms with Crippen molar-refractivity contribution in [1.82, 2.24) is 0 Å². The molecule has 0 saturated heterocycles. The van der Waals surface area contributed by atoms with Crippen LogP contribution >= 0.6 is 22.9 Å². The molecule has 13 heavy (non-hydrogen) atoms. The third-order valence-electron chi connectivity index (χ3n) is 2.00. The summed E-state index contributed by atoms with van der Waals surface area (Å²) < 4.78 is 0.754. The first-order valence-electron chi connectivity index (χ1n) is 4.67. The van der Waals surface area contributed by atoms with Crippen LogP contribution in [-0.2, 0) is 0 Å². The topological polar surface area (TPSA) is 20.2 Å². The molecule has 1 heterocycles. The standard InChI is InChI=1S/C10H15ClOS/c1-2-3-4-5-8(12)9-6-7-10(11)13-9/h6-8,12H,2-5H2,1H3. The molecule has 0 aromatic carbocycles. The van der Waals surface area contributed by atoms with Crippen LogP contribution in [-0.4, -0.2) is 5.11 Å². The minimum Gasteiger partial charge on any atom is -0.388 e. The summed E-state index contributed by atoms with van der Waals surface area (Å²) in [7, 11) is 0. The lowest BCUT2D eigenvalue weighted by atomic mass is 10.1. The first-order chi connectivity index (χ1) is 6.24. The van der Waals surface area contributed by atoms with Crippen molar-refractivity contribution in [3.63, 3.8) is 0 Å². The van der Waals surface area contributed by atoms with E-state index in [4.69, 9.17) is 11.6 Å². The Morgan fingerprint density at radius 3 is 2.77 bits per heavy atom. The van der Waals surface area contributed by atoms with E-state index in [9.17, 15) is 5.11 Å². The van der Waals surface area contributed by atoms with Gasteiger partial charge in [0.05, 0.1) is 10.4 Å². The molecule has 0 spiro atoms. The quantitative estimate of drug-likeness (QED) is 0.741. The first kappa shape index (κ1) is 11.0.